The van der Waals surface area contributed by atoms with Crippen molar-refractivity contribution in [2.24, 2.45) is 23.2 Å². The van der Waals surface area contributed by atoms with E-state index in [2.05, 4.69) is 13.8 Å². The maximum atomic E-state index is 14.4. The molecule has 0 aliphatic heterocycles. The molecule has 1 N–H and O–H groups in total. The van der Waals surface area contributed by atoms with E-state index in [0.717, 1.165) is 19.3 Å². The molecule has 1 aromatic rings. The van der Waals surface area contributed by atoms with Gasteiger partial charge in [-0.15, -0.1) is 0 Å². The van der Waals surface area contributed by atoms with Crippen molar-refractivity contribution in [1.29, 1.82) is 0 Å². The monoisotopic (exact) mass is 334 g/mol. The van der Waals surface area contributed by atoms with Crippen LogP contribution in [0.3, 0.4) is 0 Å². The predicted octanol–water partition coefficient (Wildman–Crippen LogP) is 4.04. The first kappa shape index (κ1) is 17.4. The molecule has 1 aromatic carbocycles. The lowest BCUT2D eigenvalue weighted by molar-refractivity contribution is -0.164. The summed E-state index contributed by atoms with van der Waals surface area (Å²) < 4.78 is 19.4. The van der Waals surface area contributed by atoms with E-state index in [9.17, 15) is 14.3 Å². The van der Waals surface area contributed by atoms with Gasteiger partial charge in [0.2, 0.25) is 0 Å². The number of carbonyl (C=O) groups excluding carboxylic acids is 1. The fourth-order valence-electron chi connectivity index (χ4n) is 5.04. The minimum absolute atomic E-state index is 0.0866. The van der Waals surface area contributed by atoms with Crippen molar-refractivity contribution in [3.8, 4) is 0 Å². The van der Waals surface area contributed by atoms with E-state index in [1.807, 2.05) is 0 Å². The lowest BCUT2D eigenvalue weighted by atomic mass is 9.51. The third-order valence-corrected chi connectivity index (χ3v) is 6.49. The van der Waals surface area contributed by atoms with E-state index in [0.29, 0.717) is 18.4 Å². The Morgan fingerprint density at radius 3 is 2.58 bits per heavy atom. The molecule has 2 fully saturated rings. The first-order valence-corrected chi connectivity index (χ1v) is 8.85. The number of hydrogen-bond acceptors (Lipinski definition) is 3. The topological polar surface area (TPSA) is 46.5 Å². The SMILES string of the molecule is COC(=O)C1CCC2C(C1)C(O)(c1ccccc1F)CCC2(C)C. The summed E-state index contributed by atoms with van der Waals surface area (Å²) in [5, 5.41) is 11.5. The molecular formula is C20H27FO3. The zero-order valence-corrected chi connectivity index (χ0v) is 14.7. The Labute approximate surface area is 143 Å². The number of ether oxygens (including phenoxy) is 1. The number of rotatable bonds is 2. The van der Waals surface area contributed by atoms with Crippen LogP contribution in [0.4, 0.5) is 4.39 Å². The van der Waals surface area contributed by atoms with Gasteiger partial charge in [-0.1, -0.05) is 32.0 Å². The Morgan fingerprint density at radius 1 is 1.21 bits per heavy atom. The van der Waals surface area contributed by atoms with Gasteiger partial charge in [-0.05, 0) is 55.4 Å². The van der Waals surface area contributed by atoms with Crippen molar-refractivity contribution >= 4 is 5.97 Å². The standard InChI is InChI=1S/C20H27FO3/c1-19(2)10-11-20(23,15-6-4-5-7-17(15)21)16-12-13(18(22)24-3)8-9-14(16)19/h4-7,13-14,16,23H,8-12H2,1-3H3. The number of fused-ring (bicyclic) bond motifs is 1. The average Bonchev–Trinajstić information content (AvgIpc) is 2.58. The van der Waals surface area contributed by atoms with Gasteiger partial charge in [0.25, 0.3) is 0 Å². The number of benzene rings is 1. The van der Waals surface area contributed by atoms with Gasteiger partial charge in [-0.3, -0.25) is 4.79 Å². The Morgan fingerprint density at radius 2 is 1.92 bits per heavy atom. The molecule has 2 aliphatic carbocycles. The minimum Gasteiger partial charge on any atom is -0.469 e. The summed E-state index contributed by atoms with van der Waals surface area (Å²) in [4.78, 5) is 12.0. The van der Waals surface area contributed by atoms with Crippen LogP contribution in [0.5, 0.6) is 0 Å². The van der Waals surface area contributed by atoms with E-state index < -0.39 is 5.60 Å². The molecule has 4 heteroatoms. The lowest BCUT2D eigenvalue weighted by Gasteiger charge is -2.55. The Bertz CT molecular complexity index is 627. The third-order valence-electron chi connectivity index (χ3n) is 6.49. The van der Waals surface area contributed by atoms with Gasteiger partial charge in [-0.25, -0.2) is 4.39 Å². The van der Waals surface area contributed by atoms with Gasteiger partial charge in [-0.2, -0.15) is 0 Å². The first-order chi connectivity index (χ1) is 11.3. The zero-order chi connectivity index (χ0) is 17.5. The van der Waals surface area contributed by atoms with E-state index in [1.54, 1.807) is 18.2 Å². The number of esters is 1. The number of halogens is 1. The van der Waals surface area contributed by atoms with Crippen molar-refractivity contribution in [1.82, 2.24) is 0 Å². The Kier molecular flexibility index (Phi) is 4.45. The van der Waals surface area contributed by atoms with Crippen molar-refractivity contribution in [2.45, 2.75) is 51.6 Å². The molecular weight excluding hydrogens is 307 g/mol. The van der Waals surface area contributed by atoms with Crippen LogP contribution in [0.25, 0.3) is 0 Å². The van der Waals surface area contributed by atoms with Crippen LogP contribution < -0.4 is 0 Å². The summed E-state index contributed by atoms with van der Waals surface area (Å²) >= 11 is 0. The van der Waals surface area contributed by atoms with Crippen LogP contribution in [0, 0.1) is 29.0 Å². The summed E-state index contributed by atoms with van der Waals surface area (Å²) in [6, 6.07) is 6.51. The fourth-order valence-corrected chi connectivity index (χ4v) is 5.04. The molecule has 4 unspecified atom stereocenters. The quantitative estimate of drug-likeness (QED) is 0.830. The number of hydrogen-bond donors (Lipinski definition) is 1. The Hall–Kier alpha value is -1.42. The van der Waals surface area contributed by atoms with E-state index in [1.165, 1.54) is 13.2 Å². The molecule has 0 radical (unpaired) electrons. The molecule has 0 heterocycles. The minimum atomic E-state index is -1.21. The molecule has 0 saturated heterocycles. The summed E-state index contributed by atoms with van der Waals surface area (Å²) in [6.45, 7) is 4.45. The molecule has 3 rings (SSSR count). The Balaban J connectivity index is 2.00. The van der Waals surface area contributed by atoms with Crippen LogP contribution in [0.1, 0.15) is 51.5 Å². The third kappa shape index (κ3) is 2.75. The highest BCUT2D eigenvalue weighted by Gasteiger charge is 2.55. The second-order valence-corrected chi connectivity index (χ2v) is 8.14. The second kappa shape index (κ2) is 6.14. The van der Waals surface area contributed by atoms with Crippen molar-refractivity contribution in [3.05, 3.63) is 35.6 Å². The average molecular weight is 334 g/mol. The largest absolute Gasteiger partial charge is 0.469 e. The number of aliphatic hydroxyl groups is 1. The van der Waals surface area contributed by atoms with E-state index in [4.69, 9.17) is 4.74 Å². The van der Waals surface area contributed by atoms with Crippen LogP contribution in [0.15, 0.2) is 24.3 Å². The molecule has 24 heavy (non-hydrogen) atoms. The second-order valence-electron chi connectivity index (χ2n) is 8.14. The maximum Gasteiger partial charge on any atom is 0.308 e. The van der Waals surface area contributed by atoms with Crippen molar-refractivity contribution < 1.29 is 19.0 Å². The maximum absolute atomic E-state index is 14.4. The van der Waals surface area contributed by atoms with E-state index >= 15 is 0 Å². The zero-order valence-electron chi connectivity index (χ0n) is 14.7. The van der Waals surface area contributed by atoms with Crippen molar-refractivity contribution in [3.63, 3.8) is 0 Å². The lowest BCUT2D eigenvalue weighted by Crippen LogP contribution is -2.53. The van der Waals surface area contributed by atoms with Gasteiger partial charge >= 0.3 is 5.97 Å². The normalized spacial score (nSPS) is 35.1. The van der Waals surface area contributed by atoms with Gasteiger partial charge in [0.1, 0.15) is 5.82 Å². The first-order valence-electron chi connectivity index (χ1n) is 8.85. The molecule has 3 nitrogen and oxygen atoms in total. The molecule has 132 valence electrons. The number of methoxy groups -OCH3 is 1. The highest BCUT2D eigenvalue weighted by Crippen LogP contribution is 2.58. The highest BCUT2D eigenvalue weighted by molar-refractivity contribution is 5.72. The molecule has 4 atom stereocenters. The van der Waals surface area contributed by atoms with Gasteiger partial charge in [0, 0.05) is 5.56 Å². The highest BCUT2D eigenvalue weighted by atomic mass is 19.1. The molecule has 2 saturated carbocycles. The van der Waals surface area contributed by atoms with Gasteiger partial charge < -0.3 is 9.84 Å². The summed E-state index contributed by atoms with van der Waals surface area (Å²) in [5.74, 6) is -0.637. The summed E-state index contributed by atoms with van der Waals surface area (Å²) in [7, 11) is 1.41. The van der Waals surface area contributed by atoms with Gasteiger partial charge in [0.05, 0.1) is 18.6 Å². The van der Waals surface area contributed by atoms with Crippen LogP contribution >= 0.6 is 0 Å². The smallest absolute Gasteiger partial charge is 0.308 e. The van der Waals surface area contributed by atoms with Gasteiger partial charge in [0.15, 0.2) is 0 Å². The van der Waals surface area contributed by atoms with Crippen molar-refractivity contribution in [2.75, 3.05) is 7.11 Å². The summed E-state index contributed by atoms with van der Waals surface area (Å²) in [6.07, 6.45) is 3.59. The molecule has 0 amide bonds. The fraction of sp³-hybridized carbons (Fsp3) is 0.650. The van der Waals surface area contributed by atoms with Crippen LogP contribution in [-0.4, -0.2) is 18.2 Å². The number of carbonyl (C=O) groups is 1. The molecule has 0 bridgehead atoms. The summed E-state index contributed by atoms with van der Waals surface area (Å²) in [5.41, 5.74) is -0.748. The van der Waals surface area contributed by atoms with Crippen LogP contribution in [-0.2, 0) is 15.1 Å². The van der Waals surface area contributed by atoms with Crippen LogP contribution in [0.2, 0.25) is 0 Å². The molecule has 0 aromatic heterocycles. The molecule has 0 spiro atoms. The predicted molar refractivity (Wildman–Crippen MR) is 89.6 cm³/mol. The van der Waals surface area contributed by atoms with E-state index in [-0.39, 0.29) is 35.0 Å². The molecule has 2 aliphatic rings.